The van der Waals surface area contributed by atoms with Gasteiger partial charge >= 0.3 is 0 Å². The fourth-order valence-corrected chi connectivity index (χ4v) is 0.129. The Labute approximate surface area is 49.8 Å². The Bertz CT molecular complexity index is 110. The summed E-state index contributed by atoms with van der Waals surface area (Å²) in [5, 5.41) is 17.3. The quantitative estimate of drug-likeness (QED) is 0.514. The first-order chi connectivity index (χ1) is 3.50. The minimum Gasteiger partial charge on any atom is -0.375 e. The zero-order valence-electron chi connectivity index (χ0n) is 5.47. The van der Waals surface area contributed by atoms with Gasteiger partial charge in [-0.1, -0.05) is 13.8 Å². The van der Waals surface area contributed by atoms with E-state index in [0.717, 1.165) is 0 Å². The lowest BCUT2D eigenvalue weighted by Crippen LogP contribution is -2.28. The molecule has 0 bridgehead atoms. The molecular formula is C6H11NO. The molecule has 0 heterocycles. The summed E-state index contributed by atoms with van der Waals surface area (Å²) in [5.74, 6) is 0.00694. The van der Waals surface area contributed by atoms with Gasteiger partial charge in [-0.3, -0.25) is 0 Å². The first kappa shape index (κ1) is 7.45. The van der Waals surface area contributed by atoms with Crippen molar-refractivity contribution in [2.24, 2.45) is 5.92 Å². The maximum atomic E-state index is 9.04. The Morgan fingerprint density at radius 3 is 2.00 bits per heavy atom. The van der Waals surface area contributed by atoms with Crippen LogP contribution in [-0.4, -0.2) is 10.7 Å². The van der Waals surface area contributed by atoms with Gasteiger partial charge in [-0.25, -0.2) is 0 Å². The monoisotopic (exact) mass is 113 g/mol. The molecule has 0 aliphatic heterocycles. The van der Waals surface area contributed by atoms with Gasteiger partial charge in [0, 0.05) is 0 Å². The molecule has 0 unspecified atom stereocenters. The second kappa shape index (κ2) is 2.15. The van der Waals surface area contributed by atoms with Crippen LogP contribution >= 0.6 is 0 Å². The van der Waals surface area contributed by atoms with Gasteiger partial charge in [-0.05, 0) is 12.8 Å². The Morgan fingerprint density at radius 1 is 1.62 bits per heavy atom. The number of hydrogen-bond acceptors (Lipinski definition) is 2. The standard InChI is InChI=1S/C6H11NO/c1-5(2)6(3,8)4-7/h5,8H,1-3H3/t6-/m0/s1. The number of rotatable bonds is 1. The van der Waals surface area contributed by atoms with Crippen molar-refractivity contribution in [3.05, 3.63) is 0 Å². The van der Waals surface area contributed by atoms with Crippen molar-refractivity contribution >= 4 is 0 Å². The predicted molar refractivity (Wildman–Crippen MR) is 31.1 cm³/mol. The topological polar surface area (TPSA) is 44.0 Å². The molecule has 0 aromatic carbocycles. The number of hydrogen-bond donors (Lipinski definition) is 1. The fraction of sp³-hybridized carbons (Fsp3) is 0.833. The summed E-state index contributed by atoms with van der Waals surface area (Å²) in [6.07, 6.45) is 0. The normalized spacial score (nSPS) is 17.5. The Balaban J connectivity index is 3.97. The van der Waals surface area contributed by atoms with E-state index in [2.05, 4.69) is 0 Å². The molecule has 46 valence electrons. The van der Waals surface area contributed by atoms with Crippen molar-refractivity contribution < 1.29 is 5.11 Å². The number of nitrogens with zero attached hydrogens (tertiary/aromatic N) is 1. The molecule has 1 N–H and O–H groups in total. The van der Waals surface area contributed by atoms with Crippen LogP contribution < -0.4 is 0 Å². The van der Waals surface area contributed by atoms with Gasteiger partial charge in [0.2, 0.25) is 0 Å². The first-order valence-electron chi connectivity index (χ1n) is 2.64. The highest BCUT2D eigenvalue weighted by atomic mass is 16.3. The van der Waals surface area contributed by atoms with Crippen LogP contribution in [0.2, 0.25) is 0 Å². The average Bonchev–Trinajstić information content (AvgIpc) is 1.67. The first-order valence-corrected chi connectivity index (χ1v) is 2.64. The zero-order valence-corrected chi connectivity index (χ0v) is 5.47. The van der Waals surface area contributed by atoms with Gasteiger partial charge < -0.3 is 5.11 Å². The van der Waals surface area contributed by atoms with Crippen LogP contribution in [0.5, 0.6) is 0 Å². The molecule has 2 heteroatoms. The van der Waals surface area contributed by atoms with E-state index in [-0.39, 0.29) is 5.92 Å². The van der Waals surface area contributed by atoms with Crippen LogP contribution in [0.4, 0.5) is 0 Å². The van der Waals surface area contributed by atoms with Crippen LogP contribution in [0.15, 0.2) is 0 Å². The van der Waals surface area contributed by atoms with Gasteiger partial charge in [0.1, 0.15) is 0 Å². The lowest BCUT2D eigenvalue weighted by Gasteiger charge is -2.17. The fourth-order valence-electron chi connectivity index (χ4n) is 0.129. The molecule has 8 heavy (non-hydrogen) atoms. The van der Waals surface area contributed by atoms with Crippen LogP contribution in [-0.2, 0) is 0 Å². The van der Waals surface area contributed by atoms with E-state index < -0.39 is 5.60 Å². The summed E-state index contributed by atoms with van der Waals surface area (Å²) in [6.45, 7) is 5.13. The lowest BCUT2D eigenvalue weighted by atomic mass is 9.95. The van der Waals surface area contributed by atoms with Crippen molar-refractivity contribution in [3.8, 4) is 6.07 Å². The van der Waals surface area contributed by atoms with Crippen LogP contribution in [0.1, 0.15) is 20.8 Å². The smallest absolute Gasteiger partial charge is 0.150 e. The van der Waals surface area contributed by atoms with E-state index in [1.54, 1.807) is 6.07 Å². The summed E-state index contributed by atoms with van der Waals surface area (Å²) < 4.78 is 0. The highest BCUT2D eigenvalue weighted by Crippen LogP contribution is 2.13. The summed E-state index contributed by atoms with van der Waals surface area (Å²) in [7, 11) is 0. The second-order valence-electron chi connectivity index (χ2n) is 2.41. The highest BCUT2D eigenvalue weighted by molar-refractivity contribution is 4.98. The second-order valence-corrected chi connectivity index (χ2v) is 2.41. The summed E-state index contributed by atoms with van der Waals surface area (Å²) >= 11 is 0. The molecule has 0 aliphatic carbocycles. The molecule has 1 atom stereocenters. The SMILES string of the molecule is CC(C)[C@@](C)(O)C#N. The van der Waals surface area contributed by atoms with Crippen molar-refractivity contribution in [2.45, 2.75) is 26.4 Å². The molecule has 2 nitrogen and oxygen atoms in total. The summed E-state index contributed by atoms with van der Waals surface area (Å²) in [4.78, 5) is 0. The number of aliphatic hydroxyl groups is 1. The largest absolute Gasteiger partial charge is 0.375 e. The van der Waals surface area contributed by atoms with E-state index >= 15 is 0 Å². The van der Waals surface area contributed by atoms with E-state index in [9.17, 15) is 0 Å². The zero-order chi connectivity index (χ0) is 6.78. The molecule has 0 aromatic rings. The molecule has 0 amide bonds. The maximum Gasteiger partial charge on any atom is 0.150 e. The van der Waals surface area contributed by atoms with Crippen LogP contribution in [0.25, 0.3) is 0 Å². The Hall–Kier alpha value is -0.550. The minimum atomic E-state index is -1.15. The third-order valence-corrected chi connectivity index (χ3v) is 1.35. The molecule has 0 rings (SSSR count). The van der Waals surface area contributed by atoms with Crippen LogP contribution in [0.3, 0.4) is 0 Å². The van der Waals surface area contributed by atoms with Crippen LogP contribution in [0, 0.1) is 17.2 Å². The van der Waals surface area contributed by atoms with Crippen molar-refractivity contribution in [1.82, 2.24) is 0 Å². The third-order valence-electron chi connectivity index (χ3n) is 1.35. The predicted octanol–water partition coefficient (Wildman–Crippen LogP) is 0.917. The molecule has 0 aromatic heterocycles. The summed E-state index contributed by atoms with van der Waals surface area (Å²) in [6, 6.07) is 1.80. The Kier molecular flexibility index (Phi) is 2.00. The van der Waals surface area contributed by atoms with Gasteiger partial charge in [0.15, 0.2) is 5.60 Å². The van der Waals surface area contributed by atoms with Gasteiger partial charge in [-0.15, -0.1) is 0 Å². The number of nitriles is 1. The molecule has 0 saturated carbocycles. The minimum absolute atomic E-state index is 0.00694. The molecule has 0 aliphatic rings. The van der Waals surface area contributed by atoms with E-state index in [4.69, 9.17) is 10.4 Å². The van der Waals surface area contributed by atoms with Crippen molar-refractivity contribution in [1.29, 1.82) is 5.26 Å². The third kappa shape index (κ3) is 1.51. The molecule has 0 radical (unpaired) electrons. The van der Waals surface area contributed by atoms with E-state index in [1.807, 2.05) is 13.8 Å². The van der Waals surface area contributed by atoms with Crippen molar-refractivity contribution in [2.75, 3.05) is 0 Å². The lowest BCUT2D eigenvalue weighted by molar-refractivity contribution is 0.0704. The molecular weight excluding hydrogens is 102 g/mol. The molecule has 0 fully saturated rings. The molecule has 0 saturated heterocycles. The van der Waals surface area contributed by atoms with Gasteiger partial charge in [0.25, 0.3) is 0 Å². The van der Waals surface area contributed by atoms with Gasteiger partial charge in [0.05, 0.1) is 6.07 Å². The van der Waals surface area contributed by atoms with Crippen molar-refractivity contribution in [3.63, 3.8) is 0 Å². The molecule has 0 spiro atoms. The highest BCUT2D eigenvalue weighted by Gasteiger charge is 2.23. The van der Waals surface area contributed by atoms with E-state index in [0.29, 0.717) is 0 Å². The summed E-state index contributed by atoms with van der Waals surface area (Å²) in [5.41, 5.74) is -1.15. The Morgan fingerprint density at radius 2 is 2.00 bits per heavy atom. The maximum absolute atomic E-state index is 9.04. The van der Waals surface area contributed by atoms with E-state index in [1.165, 1.54) is 6.92 Å². The van der Waals surface area contributed by atoms with Gasteiger partial charge in [-0.2, -0.15) is 5.26 Å². The average molecular weight is 113 g/mol.